The highest BCUT2D eigenvalue weighted by atomic mass is 35.5. The molecule has 0 bridgehead atoms. The quantitative estimate of drug-likeness (QED) is 0.638. The van der Waals surface area contributed by atoms with E-state index in [1.54, 1.807) is 24.3 Å². The second-order valence-electron chi connectivity index (χ2n) is 9.22. The van der Waals surface area contributed by atoms with Crippen LogP contribution in [0, 0.1) is 0 Å². The smallest absolute Gasteiger partial charge is 0.253 e. The molecule has 2 heterocycles. The number of carbonyl (C=O) groups is 3. The van der Waals surface area contributed by atoms with Crippen molar-refractivity contribution in [2.45, 2.75) is 31.7 Å². The van der Waals surface area contributed by atoms with Crippen molar-refractivity contribution in [1.82, 2.24) is 20.0 Å². The molecule has 1 atom stereocenters. The van der Waals surface area contributed by atoms with Crippen LogP contribution in [0.25, 0.3) is 0 Å². The highest BCUT2D eigenvalue weighted by Crippen LogP contribution is 2.22. The summed E-state index contributed by atoms with van der Waals surface area (Å²) in [5, 5.41) is 3.37. The van der Waals surface area contributed by atoms with Crippen molar-refractivity contribution in [2.75, 3.05) is 45.8 Å². The molecule has 4 rings (SSSR count). The molecule has 1 unspecified atom stereocenters. The average Bonchev–Trinajstić information content (AvgIpc) is 2.90. The molecular formula is C27H33ClN4O3. The Bertz CT molecular complexity index is 1020. The van der Waals surface area contributed by atoms with Gasteiger partial charge in [-0.1, -0.05) is 54.1 Å². The van der Waals surface area contributed by atoms with Gasteiger partial charge in [0.25, 0.3) is 5.91 Å². The molecule has 0 radical (unpaired) electrons. The number of hydrogen-bond donors (Lipinski definition) is 1. The first-order valence-corrected chi connectivity index (χ1v) is 12.8. The van der Waals surface area contributed by atoms with Crippen LogP contribution in [0.3, 0.4) is 0 Å². The summed E-state index contributed by atoms with van der Waals surface area (Å²) >= 11 is 6.21. The molecule has 186 valence electrons. The van der Waals surface area contributed by atoms with Crippen molar-refractivity contribution < 1.29 is 14.4 Å². The van der Waals surface area contributed by atoms with Gasteiger partial charge in [-0.15, -0.1) is 0 Å². The first-order valence-electron chi connectivity index (χ1n) is 12.4. The predicted octanol–water partition coefficient (Wildman–Crippen LogP) is 3.36. The fourth-order valence-electron chi connectivity index (χ4n) is 4.71. The number of likely N-dealkylation sites (tertiary alicyclic amines) is 1. The van der Waals surface area contributed by atoms with Crippen LogP contribution >= 0.6 is 11.6 Å². The molecular weight excluding hydrogens is 464 g/mol. The topological polar surface area (TPSA) is 73.0 Å². The van der Waals surface area contributed by atoms with Crippen molar-refractivity contribution in [3.8, 4) is 0 Å². The Morgan fingerprint density at radius 2 is 1.40 bits per heavy atom. The molecule has 0 saturated carbocycles. The molecule has 2 aromatic carbocycles. The summed E-state index contributed by atoms with van der Waals surface area (Å²) in [4.78, 5) is 44.6. The largest absolute Gasteiger partial charge is 0.345 e. The van der Waals surface area contributed by atoms with Gasteiger partial charge in [0.2, 0.25) is 11.8 Å². The number of amides is 3. The summed E-state index contributed by atoms with van der Waals surface area (Å²) < 4.78 is 0. The van der Waals surface area contributed by atoms with Crippen LogP contribution in [-0.2, 0) is 9.59 Å². The Morgan fingerprint density at radius 3 is 2.09 bits per heavy atom. The van der Waals surface area contributed by atoms with Gasteiger partial charge < -0.3 is 15.1 Å². The van der Waals surface area contributed by atoms with Crippen LogP contribution in [0.2, 0.25) is 5.02 Å². The van der Waals surface area contributed by atoms with Crippen molar-refractivity contribution in [3.05, 3.63) is 70.7 Å². The zero-order valence-electron chi connectivity index (χ0n) is 20.0. The minimum Gasteiger partial charge on any atom is -0.345 e. The Hall–Kier alpha value is -2.90. The van der Waals surface area contributed by atoms with E-state index >= 15 is 0 Å². The van der Waals surface area contributed by atoms with Gasteiger partial charge in [-0.05, 0) is 37.0 Å². The molecule has 7 nitrogen and oxygen atoms in total. The zero-order chi connectivity index (χ0) is 24.6. The lowest BCUT2D eigenvalue weighted by Crippen LogP contribution is -2.52. The highest BCUT2D eigenvalue weighted by Gasteiger charge is 2.27. The maximum atomic E-state index is 13.2. The lowest BCUT2D eigenvalue weighted by Gasteiger charge is -2.36. The number of piperidine rings is 1. The second-order valence-corrected chi connectivity index (χ2v) is 9.63. The van der Waals surface area contributed by atoms with Gasteiger partial charge in [-0.2, -0.15) is 0 Å². The van der Waals surface area contributed by atoms with Crippen molar-refractivity contribution in [1.29, 1.82) is 0 Å². The number of benzene rings is 2. The van der Waals surface area contributed by atoms with E-state index in [1.165, 1.54) is 6.42 Å². The van der Waals surface area contributed by atoms with Crippen LogP contribution in [0.1, 0.15) is 47.6 Å². The van der Waals surface area contributed by atoms with Crippen LogP contribution in [0.5, 0.6) is 0 Å². The van der Waals surface area contributed by atoms with Crippen molar-refractivity contribution >= 4 is 29.3 Å². The van der Waals surface area contributed by atoms with Gasteiger partial charge in [-0.25, -0.2) is 0 Å². The summed E-state index contributed by atoms with van der Waals surface area (Å²) in [6.07, 6.45) is 3.54. The first-order chi connectivity index (χ1) is 17.0. The molecule has 35 heavy (non-hydrogen) atoms. The molecule has 2 aliphatic heterocycles. The Kier molecular flexibility index (Phi) is 8.77. The molecule has 0 spiro atoms. The Morgan fingerprint density at radius 1 is 0.771 bits per heavy atom. The summed E-state index contributed by atoms with van der Waals surface area (Å²) in [7, 11) is 0. The van der Waals surface area contributed by atoms with Crippen LogP contribution in [-0.4, -0.2) is 78.2 Å². The fraction of sp³-hybridized carbons (Fsp3) is 0.444. The number of nitrogens with one attached hydrogen (secondary N) is 1. The number of nitrogens with zero attached hydrogens (tertiary/aromatic N) is 3. The van der Waals surface area contributed by atoms with E-state index < -0.39 is 6.04 Å². The van der Waals surface area contributed by atoms with Crippen LogP contribution in [0.15, 0.2) is 54.6 Å². The van der Waals surface area contributed by atoms with Crippen molar-refractivity contribution in [2.24, 2.45) is 0 Å². The normalized spacial score (nSPS) is 17.6. The lowest BCUT2D eigenvalue weighted by atomic mass is 10.0. The van der Waals surface area contributed by atoms with Gasteiger partial charge in [0.05, 0.1) is 29.6 Å². The fourth-order valence-corrected chi connectivity index (χ4v) is 4.93. The second kappa shape index (κ2) is 12.2. The minimum absolute atomic E-state index is 0.0136. The molecule has 2 saturated heterocycles. The van der Waals surface area contributed by atoms with Gasteiger partial charge in [-0.3, -0.25) is 19.3 Å². The average molecular weight is 497 g/mol. The Balaban J connectivity index is 1.34. The van der Waals surface area contributed by atoms with Gasteiger partial charge in [0.15, 0.2) is 0 Å². The number of hydrogen-bond acceptors (Lipinski definition) is 4. The lowest BCUT2D eigenvalue weighted by molar-refractivity contribution is -0.135. The third-order valence-corrected chi connectivity index (χ3v) is 7.13. The predicted molar refractivity (Wildman–Crippen MR) is 136 cm³/mol. The van der Waals surface area contributed by atoms with E-state index in [-0.39, 0.29) is 24.1 Å². The molecule has 2 aromatic rings. The monoisotopic (exact) mass is 496 g/mol. The zero-order valence-corrected chi connectivity index (χ0v) is 20.8. The highest BCUT2D eigenvalue weighted by molar-refractivity contribution is 6.33. The van der Waals surface area contributed by atoms with E-state index in [0.717, 1.165) is 31.5 Å². The van der Waals surface area contributed by atoms with Gasteiger partial charge in [0, 0.05) is 39.3 Å². The van der Waals surface area contributed by atoms with E-state index in [1.807, 2.05) is 40.1 Å². The third-order valence-electron chi connectivity index (χ3n) is 6.80. The molecule has 0 aromatic heterocycles. The van der Waals surface area contributed by atoms with Crippen molar-refractivity contribution in [3.63, 3.8) is 0 Å². The summed E-state index contributed by atoms with van der Waals surface area (Å²) in [6, 6.07) is 15.9. The maximum absolute atomic E-state index is 13.2. The van der Waals surface area contributed by atoms with E-state index in [4.69, 9.17) is 11.6 Å². The van der Waals surface area contributed by atoms with Crippen LogP contribution < -0.4 is 5.32 Å². The maximum Gasteiger partial charge on any atom is 0.253 e. The first kappa shape index (κ1) is 25.2. The SMILES string of the molecule is O=C(NC(CC(=O)N1CCN(CC(=O)N2CCCCC2)CC1)c1ccccc1)c1ccccc1Cl. The molecule has 2 fully saturated rings. The number of rotatable bonds is 7. The number of halogens is 1. The molecule has 1 N–H and O–H groups in total. The van der Waals surface area contributed by atoms with E-state index in [9.17, 15) is 14.4 Å². The van der Waals surface area contributed by atoms with E-state index in [0.29, 0.717) is 43.3 Å². The molecule has 8 heteroatoms. The summed E-state index contributed by atoms with van der Waals surface area (Å²) in [6.45, 7) is 4.64. The third kappa shape index (κ3) is 6.83. The van der Waals surface area contributed by atoms with Gasteiger partial charge in [0.1, 0.15) is 0 Å². The van der Waals surface area contributed by atoms with Crippen LogP contribution in [0.4, 0.5) is 0 Å². The van der Waals surface area contributed by atoms with E-state index in [2.05, 4.69) is 10.2 Å². The number of piperazine rings is 1. The molecule has 0 aliphatic carbocycles. The minimum atomic E-state index is -0.466. The number of carbonyl (C=O) groups excluding carboxylic acids is 3. The standard InChI is InChI=1S/C27H33ClN4O3/c28-23-12-6-5-11-22(23)27(35)29-24(21-9-3-1-4-10-21)19-25(33)32-17-15-30(16-18-32)20-26(34)31-13-7-2-8-14-31/h1,3-6,9-12,24H,2,7-8,13-20H2,(H,29,35). The molecule has 3 amide bonds. The Labute approximate surface area is 212 Å². The summed E-state index contributed by atoms with van der Waals surface area (Å²) in [5.41, 5.74) is 1.25. The molecule has 2 aliphatic rings. The summed E-state index contributed by atoms with van der Waals surface area (Å²) in [5.74, 6) is -0.130. The van der Waals surface area contributed by atoms with Gasteiger partial charge >= 0.3 is 0 Å².